The van der Waals surface area contributed by atoms with E-state index in [1.807, 2.05) is 0 Å². The summed E-state index contributed by atoms with van der Waals surface area (Å²) in [5.41, 5.74) is 0. The van der Waals surface area contributed by atoms with Crippen LogP contribution in [0.1, 0.15) is 33.6 Å². The van der Waals surface area contributed by atoms with Crippen LogP contribution in [0.15, 0.2) is 5.18 Å². The Morgan fingerprint density at radius 1 is 1.30 bits per heavy atom. The minimum atomic E-state index is 0.480. The van der Waals surface area contributed by atoms with Crippen molar-refractivity contribution in [3.8, 4) is 0 Å². The van der Waals surface area contributed by atoms with Gasteiger partial charge in [-0.05, 0) is 24.7 Å². The zero-order chi connectivity index (χ0) is 7.98. The summed E-state index contributed by atoms with van der Waals surface area (Å²) in [6.07, 6.45) is 2.15. The average molecular weight is 143 g/mol. The molecule has 0 saturated heterocycles. The van der Waals surface area contributed by atoms with Gasteiger partial charge in [0.15, 0.2) is 0 Å². The highest BCUT2D eigenvalue weighted by Gasteiger charge is 2.03. The first-order chi connectivity index (χ1) is 4.66. The minimum Gasteiger partial charge on any atom is -0.151 e. The second kappa shape index (κ2) is 5.39. The van der Waals surface area contributed by atoms with E-state index >= 15 is 0 Å². The minimum absolute atomic E-state index is 0.480. The Hall–Kier alpha value is -0.400. The van der Waals surface area contributed by atoms with E-state index in [4.69, 9.17) is 0 Å². The van der Waals surface area contributed by atoms with Crippen LogP contribution in [0, 0.1) is 16.7 Å². The van der Waals surface area contributed by atoms with Gasteiger partial charge in [-0.25, -0.2) is 0 Å². The van der Waals surface area contributed by atoms with Gasteiger partial charge in [0.25, 0.3) is 0 Å². The normalized spacial score (nSPS) is 13.6. The summed E-state index contributed by atoms with van der Waals surface area (Å²) in [5.74, 6) is 1.39. The third-order valence-corrected chi connectivity index (χ3v) is 1.59. The number of nitrogens with zero attached hydrogens (tertiary/aromatic N) is 1. The number of hydrogen-bond donors (Lipinski definition) is 0. The highest BCUT2D eigenvalue weighted by molar-refractivity contribution is 4.57. The highest BCUT2D eigenvalue weighted by Crippen LogP contribution is 2.13. The molecule has 0 aliphatic carbocycles. The van der Waals surface area contributed by atoms with Gasteiger partial charge >= 0.3 is 0 Å². The molecular formula is C8H17NO. The van der Waals surface area contributed by atoms with Crippen molar-refractivity contribution in [2.45, 2.75) is 33.6 Å². The topological polar surface area (TPSA) is 29.4 Å². The summed E-state index contributed by atoms with van der Waals surface area (Å²) < 4.78 is 0. The van der Waals surface area contributed by atoms with Crippen LogP contribution in [0.5, 0.6) is 0 Å². The second-order valence-corrected chi connectivity index (χ2v) is 3.38. The number of hydrogen-bond acceptors (Lipinski definition) is 2. The van der Waals surface area contributed by atoms with Gasteiger partial charge in [-0.15, -0.1) is 0 Å². The average Bonchev–Trinajstić information content (AvgIpc) is 1.82. The maximum Gasteiger partial charge on any atom is 0.0813 e. The van der Waals surface area contributed by atoms with E-state index in [0.717, 1.165) is 12.3 Å². The van der Waals surface area contributed by atoms with Crippen molar-refractivity contribution in [3.05, 3.63) is 4.91 Å². The van der Waals surface area contributed by atoms with E-state index in [1.54, 1.807) is 0 Å². The van der Waals surface area contributed by atoms with Gasteiger partial charge < -0.3 is 0 Å². The van der Waals surface area contributed by atoms with Crippen molar-refractivity contribution >= 4 is 0 Å². The molecule has 0 aromatic rings. The van der Waals surface area contributed by atoms with Gasteiger partial charge in [0.1, 0.15) is 0 Å². The molecule has 0 bridgehead atoms. The fraction of sp³-hybridized carbons (Fsp3) is 1.00. The van der Waals surface area contributed by atoms with Gasteiger partial charge in [0.2, 0.25) is 0 Å². The molecule has 0 aliphatic heterocycles. The molecule has 0 spiro atoms. The van der Waals surface area contributed by atoms with Gasteiger partial charge in [0, 0.05) is 0 Å². The highest BCUT2D eigenvalue weighted by atomic mass is 16.3. The fourth-order valence-electron chi connectivity index (χ4n) is 1.20. The summed E-state index contributed by atoms with van der Waals surface area (Å²) in [5, 5.41) is 2.83. The third-order valence-electron chi connectivity index (χ3n) is 1.59. The molecule has 0 fully saturated rings. The Bertz CT molecular complexity index is 91.3. The van der Waals surface area contributed by atoms with E-state index in [2.05, 4.69) is 25.9 Å². The standard InChI is InChI=1S/C8H17NO/c1-7(2)6-8(3)4-5-9-10/h7-8H,4-6H2,1-3H3. The van der Waals surface area contributed by atoms with Crippen LogP contribution in [-0.2, 0) is 0 Å². The SMILES string of the molecule is CC(C)CC(C)CCN=O. The maximum absolute atomic E-state index is 9.75. The Kier molecular flexibility index (Phi) is 5.17. The molecule has 0 aromatic carbocycles. The Labute approximate surface area is 63.0 Å². The molecule has 10 heavy (non-hydrogen) atoms. The molecule has 0 amide bonds. The summed E-state index contributed by atoms with van der Waals surface area (Å²) >= 11 is 0. The van der Waals surface area contributed by atoms with Crippen LogP contribution in [0.2, 0.25) is 0 Å². The zero-order valence-corrected chi connectivity index (χ0v) is 7.13. The van der Waals surface area contributed by atoms with E-state index < -0.39 is 0 Å². The summed E-state index contributed by atoms with van der Waals surface area (Å²) in [6.45, 7) is 7.05. The van der Waals surface area contributed by atoms with E-state index in [0.29, 0.717) is 12.5 Å². The molecule has 0 N–H and O–H groups in total. The first kappa shape index (κ1) is 9.60. The van der Waals surface area contributed by atoms with Crippen molar-refractivity contribution < 1.29 is 0 Å². The van der Waals surface area contributed by atoms with E-state index in [1.165, 1.54) is 6.42 Å². The van der Waals surface area contributed by atoms with Crippen LogP contribution in [-0.4, -0.2) is 6.54 Å². The van der Waals surface area contributed by atoms with E-state index in [-0.39, 0.29) is 0 Å². The molecule has 2 nitrogen and oxygen atoms in total. The smallest absolute Gasteiger partial charge is 0.0813 e. The van der Waals surface area contributed by atoms with Crippen molar-refractivity contribution in [3.63, 3.8) is 0 Å². The Balaban J connectivity index is 3.24. The lowest BCUT2D eigenvalue weighted by molar-refractivity contribution is 0.420. The summed E-state index contributed by atoms with van der Waals surface area (Å²) in [4.78, 5) is 9.75. The predicted molar refractivity (Wildman–Crippen MR) is 43.9 cm³/mol. The van der Waals surface area contributed by atoms with Crippen LogP contribution in [0.25, 0.3) is 0 Å². The predicted octanol–water partition coefficient (Wildman–Crippen LogP) is 2.83. The molecule has 0 saturated carbocycles. The van der Waals surface area contributed by atoms with Crippen molar-refractivity contribution in [1.29, 1.82) is 0 Å². The molecular weight excluding hydrogens is 126 g/mol. The van der Waals surface area contributed by atoms with Crippen LogP contribution in [0.4, 0.5) is 0 Å². The van der Waals surface area contributed by atoms with Gasteiger partial charge in [-0.2, -0.15) is 4.91 Å². The lowest BCUT2D eigenvalue weighted by Gasteiger charge is -2.10. The zero-order valence-electron chi connectivity index (χ0n) is 7.13. The molecule has 0 rings (SSSR count). The summed E-state index contributed by atoms with van der Waals surface area (Å²) in [7, 11) is 0. The Morgan fingerprint density at radius 3 is 2.30 bits per heavy atom. The van der Waals surface area contributed by atoms with Gasteiger partial charge in [-0.1, -0.05) is 25.9 Å². The number of rotatable bonds is 5. The fourth-order valence-corrected chi connectivity index (χ4v) is 1.20. The Morgan fingerprint density at radius 2 is 1.90 bits per heavy atom. The molecule has 60 valence electrons. The quantitative estimate of drug-likeness (QED) is 0.544. The molecule has 0 radical (unpaired) electrons. The lowest BCUT2D eigenvalue weighted by Crippen LogP contribution is -2.01. The van der Waals surface area contributed by atoms with Crippen molar-refractivity contribution in [2.75, 3.05) is 6.54 Å². The van der Waals surface area contributed by atoms with Crippen LogP contribution < -0.4 is 0 Å². The monoisotopic (exact) mass is 143 g/mol. The third kappa shape index (κ3) is 5.73. The molecule has 0 aliphatic rings. The maximum atomic E-state index is 9.75. The van der Waals surface area contributed by atoms with Gasteiger partial charge in [-0.3, -0.25) is 0 Å². The van der Waals surface area contributed by atoms with Crippen molar-refractivity contribution in [2.24, 2.45) is 17.0 Å². The first-order valence-corrected chi connectivity index (χ1v) is 3.96. The van der Waals surface area contributed by atoms with Crippen LogP contribution >= 0.6 is 0 Å². The van der Waals surface area contributed by atoms with Crippen LogP contribution in [0.3, 0.4) is 0 Å². The number of nitroso groups, excluding NO2 is 1. The van der Waals surface area contributed by atoms with Crippen molar-refractivity contribution in [1.82, 2.24) is 0 Å². The lowest BCUT2D eigenvalue weighted by atomic mass is 9.96. The largest absolute Gasteiger partial charge is 0.151 e. The first-order valence-electron chi connectivity index (χ1n) is 3.96. The second-order valence-electron chi connectivity index (χ2n) is 3.38. The molecule has 2 heteroatoms. The molecule has 0 aromatic heterocycles. The van der Waals surface area contributed by atoms with E-state index in [9.17, 15) is 4.91 Å². The molecule has 1 unspecified atom stereocenters. The summed E-state index contributed by atoms with van der Waals surface area (Å²) in [6, 6.07) is 0. The molecule has 1 atom stereocenters. The van der Waals surface area contributed by atoms with Gasteiger partial charge in [0.05, 0.1) is 6.54 Å². The molecule has 0 heterocycles.